The van der Waals surface area contributed by atoms with E-state index < -0.39 is 6.10 Å². The monoisotopic (exact) mass is 1010 g/mol. The lowest BCUT2D eigenvalue weighted by Crippen LogP contribution is -2.30. The Morgan fingerprint density at radius 1 is 0.292 bits per heavy atom. The summed E-state index contributed by atoms with van der Waals surface area (Å²) >= 11 is 0. The van der Waals surface area contributed by atoms with Gasteiger partial charge in [-0.1, -0.05) is 281 Å². The first kappa shape index (κ1) is 69.1. The van der Waals surface area contributed by atoms with E-state index in [0.29, 0.717) is 19.3 Å². The van der Waals surface area contributed by atoms with Gasteiger partial charge in [-0.05, 0) is 83.5 Å². The number of ether oxygens (including phenoxy) is 3. The van der Waals surface area contributed by atoms with Gasteiger partial charge < -0.3 is 14.2 Å². The van der Waals surface area contributed by atoms with E-state index >= 15 is 0 Å². The number of rotatable bonds is 57. The predicted octanol–water partition coefficient (Wildman–Crippen LogP) is 21.2. The van der Waals surface area contributed by atoms with E-state index in [1.165, 1.54) is 193 Å². The maximum absolute atomic E-state index is 12.8. The van der Waals surface area contributed by atoms with E-state index in [2.05, 4.69) is 81.5 Å². The SMILES string of the molecule is CC/C=C\C/C=C\C/C=C\CCCCCCCCCC(=O)OC(COC(=O)CCCCCCCCCC)COC(=O)CCCCCCCCCCCCCCCCCCC/C=C\C/C=C\CCCCCCC. The topological polar surface area (TPSA) is 78.9 Å². The highest BCUT2D eigenvalue weighted by Crippen LogP contribution is 2.17. The maximum Gasteiger partial charge on any atom is 0.306 e. The van der Waals surface area contributed by atoms with Crippen molar-refractivity contribution >= 4 is 17.9 Å². The van der Waals surface area contributed by atoms with Crippen molar-refractivity contribution in [3.05, 3.63) is 60.8 Å². The van der Waals surface area contributed by atoms with Crippen LogP contribution in [0.1, 0.15) is 323 Å². The molecular formula is C66H118O6. The number of esters is 3. The van der Waals surface area contributed by atoms with E-state index in [1.54, 1.807) is 0 Å². The average Bonchev–Trinajstić information content (AvgIpc) is 3.38. The Hall–Kier alpha value is -2.89. The van der Waals surface area contributed by atoms with Gasteiger partial charge in [-0.25, -0.2) is 0 Å². The summed E-state index contributed by atoms with van der Waals surface area (Å²) in [6, 6.07) is 0. The summed E-state index contributed by atoms with van der Waals surface area (Å²) in [4.78, 5) is 38.1. The number of hydrogen-bond donors (Lipinski definition) is 0. The summed E-state index contributed by atoms with van der Waals surface area (Å²) in [5, 5.41) is 0. The summed E-state index contributed by atoms with van der Waals surface area (Å²) < 4.78 is 16.8. The second kappa shape index (κ2) is 60.7. The van der Waals surface area contributed by atoms with E-state index in [-0.39, 0.29) is 31.1 Å². The molecule has 0 aromatic heterocycles. The highest BCUT2D eigenvalue weighted by Gasteiger charge is 2.19. The summed E-state index contributed by atoms with van der Waals surface area (Å²) in [5.74, 6) is -0.875. The molecule has 1 atom stereocenters. The predicted molar refractivity (Wildman–Crippen MR) is 312 cm³/mol. The van der Waals surface area contributed by atoms with Gasteiger partial charge in [-0.3, -0.25) is 14.4 Å². The normalized spacial score (nSPS) is 12.4. The molecule has 1 unspecified atom stereocenters. The van der Waals surface area contributed by atoms with Gasteiger partial charge in [0.2, 0.25) is 0 Å². The molecule has 6 nitrogen and oxygen atoms in total. The molecule has 0 bridgehead atoms. The molecule has 418 valence electrons. The molecule has 0 saturated carbocycles. The number of hydrogen-bond acceptors (Lipinski definition) is 6. The molecule has 72 heavy (non-hydrogen) atoms. The first-order valence-electron chi connectivity index (χ1n) is 31.3. The number of unbranched alkanes of at least 4 members (excludes halogenated alkanes) is 36. The molecule has 0 aliphatic carbocycles. The van der Waals surface area contributed by atoms with Gasteiger partial charge >= 0.3 is 17.9 Å². The molecule has 0 aliphatic rings. The zero-order valence-electron chi connectivity index (χ0n) is 47.9. The van der Waals surface area contributed by atoms with Gasteiger partial charge in [0.1, 0.15) is 13.2 Å². The number of carbonyl (C=O) groups is 3. The maximum atomic E-state index is 12.8. The molecule has 6 heteroatoms. The van der Waals surface area contributed by atoms with Crippen LogP contribution in [-0.2, 0) is 28.6 Å². The minimum atomic E-state index is -0.776. The molecule has 0 saturated heterocycles. The molecule has 0 N–H and O–H groups in total. The van der Waals surface area contributed by atoms with Crippen molar-refractivity contribution < 1.29 is 28.6 Å². The zero-order chi connectivity index (χ0) is 52.2. The zero-order valence-corrected chi connectivity index (χ0v) is 47.9. The van der Waals surface area contributed by atoms with Gasteiger partial charge in [0.25, 0.3) is 0 Å². The smallest absolute Gasteiger partial charge is 0.306 e. The summed E-state index contributed by atoms with van der Waals surface area (Å²) in [7, 11) is 0. The molecule has 0 radical (unpaired) electrons. The Bertz CT molecular complexity index is 1290. The second-order valence-electron chi connectivity index (χ2n) is 20.9. The fourth-order valence-electron chi connectivity index (χ4n) is 9.08. The largest absolute Gasteiger partial charge is 0.462 e. The molecular weight excluding hydrogens is 889 g/mol. The van der Waals surface area contributed by atoms with Crippen molar-refractivity contribution in [3.8, 4) is 0 Å². The number of carbonyl (C=O) groups excluding carboxylic acids is 3. The van der Waals surface area contributed by atoms with Crippen LogP contribution in [0.4, 0.5) is 0 Å². The minimum absolute atomic E-state index is 0.0750. The fraction of sp³-hybridized carbons (Fsp3) is 0.803. The van der Waals surface area contributed by atoms with E-state index in [1.807, 2.05) is 0 Å². The molecule has 0 aromatic rings. The van der Waals surface area contributed by atoms with E-state index in [9.17, 15) is 14.4 Å². The summed E-state index contributed by atoms with van der Waals surface area (Å²) in [6.45, 7) is 6.51. The van der Waals surface area contributed by atoms with Crippen molar-refractivity contribution in [1.82, 2.24) is 0 Å². The van der Waals surface area contributed by atoms with Crippen LogP contribution in [0.15, 0.2) is 60.8 Å². The second-order valence-corrected chi connectivity index (χ2v) is 20.9. The molecule has 0 heterocycles. The van der Waals surface area contributed by atoms with Gasteiger partial charge in [-0.15, -0.1) is 0 Å². The number of allylic oxidation sites excluding steroid dienone is 10. The van der Waals surface area contributed by atoms with Crippen molar-refractivity contribution in [2.45, 2.75) is 329 Å². The van der Waals surface area contributed by atoms with Gasteiger partial charge in [0.05, 0.1) is 0 Å². The van der Waals surface area contributed by atoms with E-state index in [4.69, 9.17) is 14.2 Å². The molecule has 0 aromatic carbocycles. The van der Waals surface area contributed by atoms with Crippen LogP contribution in [-0.4, -0.2) is 37.2 Å². The van der Waals surface area contributed by atoms with Gasteiger partial charge in [0.15, 0.2) is 6.10 Å². The highest BCUT2D eigenvalue weighted by atomic mass is 16.6. The van der Waals surface area contributed by atoms with Crippen molar-refractivity contribution in [2.24, 2.45) is 0 Å². The van der Waals surface area contributed by atoms with Crippen molar-refractivity contribution in [2.75, 3.05) is 13.2 Å². The van der Waals surface area contributed by atoms with Crippen LogP contribution in [0, 0.1) is 0 Å². The molecule has 0 rings (SSSR count). The van der Waals surface area contributed by atoms with Crippen LogP contribution >= 0.6 is 0 Å². The Morgan fingerprint density at radius 2 is 0.542 bits per heavy atom. The van der Waals surface area contributed by atoms with Crippen molar-refractivity contribution in [1.29, 1.82) is 0 Å². The molecule has 0 fully saturated rings. The highest BCUT2D eigenvalue weighted by molar-refractivity contribution is 5.71. The average molecular weight is 1010 g/mol. The quantitative estimate of drug-likeness (QED) is 0.0261. The lowest BCUT2D eigenvalue weighted by molar-refractivity contribution is -0.167. The van der Waals surface area contributed by atoms with Crippen LogP contribution in [0.25, 0.3) is 0 Å². The summed E-state index contributed by atoms with van der Waals surface area (Å²) in [6.07, 6.45) is 76.8. The van der Waals surface area contributed by atoms with Crippen LogP contribution in [0.5, 0.6) is 0 Å². The fourth-order valence-corrected chi connectivity index (χ4v) is 9.08. The molecule has 0 amide bonds. The Balaban J connectivity index is 4.09. The van der Waals surface area contributed by atoms with Crippen LogP contribution < -0.4 is 0 Å². The third-order valence-corrected chi connectivity index (χ3v) is 13.8. The Labute approximate surface area is 447 Å². The third-order valence-electron chi connectivity index (χ3n) is 13.8. The lowest BCUT2D eigenvalue weighted by Gasteiger charge is -2.18. The standard InChI is InChI=1S/C66H118O6/c1-4-7-10-13-16-19-21-23-25-27-28-29-30-31-32-33-34-35-36-37-38-40-41-43-45-47-50-53-56-59-65(68)71-62-63(61-70-64(67)58-55-52-49-18-15-12-9-6-3)72-66(69)60-57-54-51-48-46-44-42-39-26-24-22-20-17-14-11-8-5-2/h8,11,17,20-21,23-24,26-28,63H,4-7,9-10,12-16,18-19,22,25,29-62H2,1-3H3/b11-8-,20-17-,23-21-,26-24-,28-27-. The Kier molecular flexibility index (Phi) is 58.2. The van der Waals surface area contributed by atoms with Gasteiger partial charge in [-0.2, -0.15) is 0 Å². The van der Waals surface area contributed by atoms with Crippen LogP contribution in [0.2, 0.25) is 0 Å². The summed E-state index contributed by atoms with van der Waals surface area (Å²) in [5.41, 5.74) is 0. The molecule has 0 spiro atoms. The third kappa shape index (κ3) is 58.0. The van der Waals surface area contributed by atoms with Gasteiger partial charge in [0, 0.05) is 19.3 Å². The van der Waals surface area contributed by atoms with Crippen molar-refractivity contribution in [3.63, 3.8) is 0 Å². The van der Waals surface area contributed by atoms with E-state index in [0.717, 1.165) is 89.9 Å². The first-order valence-corrected chi connectivity index (χ1v) is 31.3. The molecule has 0 aliphatic heterocycles. The first-order chi connectivity index (χ1) is 35.5. The minimum Gasteiger partial charge on any atom is -0.462 e. The Morgan fingerprint density at radius 3 is 0.847 bits per heavy atom. The van der Waals surface area contributed by atoms with Crippen LogP contribution in [0.3, 0.4) is 0 Å². The lowest BCUT2D eigenvalue weighted by atomic mass is 10.0.